The average Bonchev–Trinajstić information content (AvgIpc) is 2.54. The van der Waals surface area contributed by atoms with Crippen LogP contribution in [0.25, 0.3) is 0 Å². The fraction of sp³-hybridized carbons (Fsp3) is 0.750. The minimum Gasteiger partial charge on any atom is -0.377 e. The molecule has 13 heavy (non-hydrogen) atoms. The van der Waals surface area contributed by atoms with Crippen LogP contribution in [0.4, 0.5) is 0 Å². The zero-order chi connectivity index (χ0) is 9.52. The lowest BCUT2D eigenvalue weighted by Crippen LogP contribution is -1.99. The van der Waals surface area contributed by atoms with Crippen molar-refractivity contribution in [2.24, 2.45) is 5.73 Å². The van der Waals surface area contributed by atoms with Crippen molar-refractivity contribution in [3.63, 3.8) is 0 Å². The number of rotatable bonds is 6. The first kappa shape index (κ1) is 10.1. The monoisotopic (exact) mass is 185 g/mol. The molecule has 0 amide bonds. The van der Waals surface area contributed by atoms with Gasteiger partial charge in [0, 0.05) is 13.5 Å². The molecule has 1 aromatic rings. The lowest BCUT2D eigenvalue weighted by molar-refractivity contribution is 0.174. The highest BCUT2D eigenvalue weighted by Crippen LogP contribution is 2.02. The molecule has 5 heteroatoms. The molecule has 0 bridgehead atoms. The van der Waals surface area contributed by atoms with Gasteiger partial charge in [-0.15, -0.1) is 0 Å². The van der Waals surface area contributed by atoms with Gasteiger partial charge in [0.1, 0.15) is 6.61 Å². The first-order valence-electron chi connectivity index (χ1n) is 4.37. The van der Waals surface area contributed by atoms with Crippen molar-refractivity contribution in [2.45, 2.75) is 25.9 Å². The zero-order valence-corrected chi connectivity index (χ0v) is 7.82. The number of methoxy groups -OCH3 is 1. The second-order valence-electron chi connectivity index (χ2n) is 2.78. The number of nitrogens with zero attached hydrogens (tertiary/aromatic N) is 2. The van der Waals surface area contributed by atoms with Crippen LogP contribution in [0.5, 0.6) is 0 Å². The van der Waals surface area contributed by atoms with Crippen molar-refractivity contribution in [2.75, 3.05) is 13.7 Å². The summed E-state index contributed by atoms with van der Waals surface area (Å²) in [7, 11) is 1.60. The van der Waals surface area contributed by atoms with Gasteiger partial charge >= 0.3 is 0 Å². The third kappa shape index (κ3) is 3.52. The number of ether oxygens (including phenoxy) is 1. The summed E-state index contributed by atoms with van der Waals surface area (Å²) in [5.41, 5.74) is 5.36. The summed E-state index contributed by atoms with van der Waals surface area (Å²) >= 11 is 0. The Morgan fingerprint density at radius 3 is 3.00 bits per heavy atom. The molecule has 0 aliphatic heterocycles. The van der Waals surface area contributed by atoms with Crippen LogP contribution in [0, 0.1) is 0 Å². The molecule has 0 unspecified atom stereocenters. The van der Waals surface area contributed by atoms with Gasteiger partial charge in [0.05, 0.1) is 0 Å². The van der Waals surface area contributed by atoms with E-state index in [9.17, 15) is 0 Å². The Morgan fingerprint density at radius 2 is 2.31 bits per heavy atom. The Hall–Kier alpha value is -0.940. The van der Waals surface area contributed by atoms with E-state index in [4.69, 9.17) is 15.0 Å². The van der Waals surface area contributed by atoms with Gasteiger partial charge in [-0.2, -0.15) is 4.98 Å². The number of hydrogen-bond donors (Lipinski definition) is 1. The smallest absolute Gasteiger partial charge is 0.226 e. The highest BCUT2D eigenvalue weighted by atomic mass is 16.5. The van der Waals surface area contributed by atoms with E-state index < -0.39 is 0 Å². The van der Waals surface area contributed by atoms with Crippen LogP contribution < -0.4 is 5.73 Å². The SMILES string of the molecule is COCc1noc(CCCCN)n1. The normalized spacial score (nSPS) is 10.6. The Balaban J connectivity index is 2.31. The van der Waals surface area contributed by atoms with E-state index in [0.29, 0.717) is 24.9 Å². The molecule has 1 aromatic heterocycles. The van der Waals surface area contributed by atoms with E-state index in [1.54, 1.807) is 7.11 Å². The summed E-state index contributed by atoms with van der Waals surface area (Å²) in [5.74, 6) is 1.27. The Labute approximate surface area is 77.3 Å². The van der Waals surface area contributed by atoms with Crippen molar-refractivity contribution in [1.29, 1.82) is 0 Å². The van der Waals surface area contributed by atoms with Gasteiger partial charge < -0.3 is 15.0 Å². The standard InChI is InChI=1S/C8H15N3O2/c1-12-6-7-10-8(13-11-7)4-2-3-5-9/h2-6,9H2,1H3. The maximum atomic E-state index is 5.36. The van der Waals surface area contributed by atoms with Gasteiger partial charge in [0.15, 0.2) is 5.82 Å². The molecular formula is C8H15N3O2. The number of aryl methyl sites for hydroxylation is 1. The largest absolute Gasteiger partial charge is 0.377 e. The lowest BCUT2D eigenvalue weighted by atomic mass is 10.2. The van der Waals surface area contributed by atoms with Crippen molar-refractivity contribution in [3.8, 4) is 0 Å². The summed E-state index contributed by atoms with van der Waals surface area (Å²) < 4.78 is 9.84. The summed E-state index contributed by atoms with van der Waals surface area (Å²) in [5, 5.41) is 3.74. The average molecular weight is 185 g/mol. The first-order chi connectivity index (χ1) is 6.36. The van der Waals surface area contributed by atoms with Crippen LogP contribution in [0.3, 0.4) is 0 Å². The quantitative estimate of drug-likeness (QED) is 0.653. The molecule has 0 aliphatic carbocycles. The molecule has 0 spiro atoms. The molecule has 0 saturated carbocycles. The second-order valence-corrected chi connectivity index (χ2v) is 2.78. The van der Waals surface area contributed by atoms with E-state index in [-0.39, 0.29) is 0 Å². The minimum atomic E-state index is 0.403. The number of unbranched alkanes of at least 4 members (excludes halogenated alkanes) is 1. The molecule has 74 valence electrons. The Morgan fingerprint density at radius 1 is 1.46 bits per heavy atom. The summed E-state index contributed by atoms with van der Waals surface area (Å²) in [6, 6.07) is 0. The second kappa shape index (κ2) is 5.66. The molecule has 0 saturated heterocycles. The fourth-order valence-electron chi connectivity index (χ4n) is 1.000. The molecular weight excluding hydrogens is 170 g/mol. The van der Waals surface area contributed by atoms with Crippen LogP contribution in [0.15, 0.2) is 4.52 Å². The molecule has 0 fully saturated rings. The maximum Gasteiger partial charge on any atom is 0.226 e. The highest BCUT2D eigenvalue weighted by Gasteiger charge is 2.04. The van der Waals surface area contributed by atoms with Crippen LogP contribution in [0.1, 0.15) is 24.6 Å². The third-order valence-corrected chi connectivity index (χ3v) is 1.63. The molecule has 0 radical (unpaired) electrons. The lowest BCUT2D eigenvalue weighted by Gasteiger charge is -1.91. The highest BCUT2D eigenvalue weighted by molar-refractivity contribution is 4.84. The van der Waals surface area contributed by atoms with Gasteiger partial charge in [-0.1, -0.05) is 5.16 Å². The topological polar surface area (TPSA) is 74.2 Å². The predicted molar refractivity (Wildman–Crippen MR) is 47.0 cm³/mol. The van der Waals surface area contributed by atoms with Crippen molar-refractivity contribution >= 4 is 0 Å². The molecule has 1 rings (SSSR count). The minimum absolute atomic E-state index is 0.403. The van der Waals surface area contributed by atoms with E-state index in [1.165, 1.54) is 0 Å². The third-order valence-electron chi connectivity index (χ3n) is 1.63. The van der Waals surface area contributed by atoms with Gasteiger partial charge in [-0.05, 0) is 19.4 Å². The van der Waals surface area contributed by atoms with E-state index in [2.05, 4.69) is 10.1 Å². The van der Waals surface area contributed by atoms with Gasteiger partial charge in [0.25, 0.3) is 0 Å². The first-order valence-corrected chi connectivity index (χ1v) is 4.37. The van der Waals surface area contributed by atoms with Crippen LogP contribution in [-0.4, -0.2) is 23.8 Å². The summed E-state index contributed by atoms with van der Waals surface area (Å²) in [6.45, 7) is 1.11. The summed E-state index contributed by atoms with van der Waals surface area (Å²) in [4.78, 5) is 4.13. The van der Waals surface area contributed by atoms with Gasteiger partial charge in [-0.3, -0.25) is 0 Å². The maximum absolute atomic E-state index is 5.36. The number of hydrogen-bond acceptors (Lipinski definition) is 5. The summed E-state index contributed by atoms with van der Waals surface area (Å²) in [6.07, 6.45) is 2.78. The number of aromatic nitrogens is 2. The van der Waals surface area contributed by atoms with Gasteiger partial charge in [0.2, 0.25) is 5.89 Å². The molecule has 0 aliphatic rings. The fourth-order valence-corrected chi connectivity index (χ4v) is 1.000. The van der Waals surface area contributed by atoms with E-state index in [1.807, 2.05) is 0 Å². The Kier molecular flexibility index (Phi) is 4.42. The predicted octanol–water partition coefficient (Wildman–Crippen LogP) is 0.497. The van der Waals surface area contributed by atoms with Crippen LogP contribution in [0.2, 0.25) is 0 Å². The van der Waals surface area contributed by atoms with Gasteiger partial charge in [-0.25, -0.2) is 0 Å². The zero-order valence-electron chi connectivity index (χ0n) is 7.82. The molecule has 1 heterocycles. The van der Waals surface area contributed by atoms with E-state index >= 15 is 0 Å². The van der Waals surface area contributed by atoms with Crippen molar-refractivity contribution < 1.29 is 9.26 Å². The molecule has 5 nitrogen and oxygen atoms in total. The Bertz CT molecular complexity index is 237. The molecule has 0 atom stereocenters. The number of nitrogens with two attached hydrogens (primary N) is 1. The molecule has 2 N–H and O–H groups in total. The van der Waals surface area contributed by atoms with Crippen LogP contribution >= 0.6 is 0 Å². The van der Waals surface area contributed by atoms with Crippen LogP contribution in [-0.2, 0) is 17.8 Å². The van der Waals surface area contributed by atoms with E-state index in [0.717, 1.165) is 19.3 Å². The van der Waals surface area contributed by atoms with Crippen molar-refractivity contribution in [1.82, 2.24) is 10.1 Å². The van der Waals surface area contributed by atoms with Crippen molar-refractivity contribution in [3.05, 3.63) is 11.7 Å². The molecule has 0 aromatic carbocycles.